The van der Waals surface area contributed by atoms with Crippen molar-refractivity contribution in [3.8, 4) is 0 Å². The van der Waals surface area contributed by atoms with E-state index in [1.165, 1.54) is 16.9 Å². The maximum atomic E-state index is 13.1. The van der Waals surface area contributed by atoms with Crippen molar-refractivity contribution >= 4 is 39.0 Å². The minimum Gasteiger partial charge on any atom is -0.378 e. The van der Waals surface area contributed by atoms with Gasteiger partial charge in [-0.15, -0.1) is 11.3 Å². The lowest BCUT2D eigenvalue weighted by Crippen LogP contribution is -2.40. The van der Waals surface area contributed by atoms with E-state index >= 15 is 0 Å². The summed E-state index contributed by atoms with van der Waals surface area (Å²) in [6, 6.07) is 8.57. The molecule has 1 aromatic carbocycles. The van der Waals surface area contributed by atoms with E-state index < -0.39 is 0 Å². The molecule has 0 spiro atoms. The van der Waals surface area contributed by atoms with Gasteiger partial charge in [0.2, 0.25) is 0 Å². The van der Waals surface area contributed by atoms with Crippen molar-refractivity contribution in [2.75, 3.05) is 38.3 Å². The van der Waals surface area contributed by atoms with Crippen LogP contribution >= 0.6 is 11.3 Å². The second kappa shape index (κ2) is 8.32. The van der Waals surface area contributed by atoms with Crippen molar-refractivity contribution in [2.45, 2.75) is 33.6 Å². The number of carbonyl (C=O) groups excluding carboxylic acids is 1. The number of nitrogens with zero attached hydrogens (tertiary/aromatic N) is 4. The number of hydrogen-bond acceptors (Lipinski definition) is 6. The molecule has 6 nitrogen and oxygen atoms in total. The van der Waals surface area contributed by atoms with Gasteiger partial charge in [0.1, 0.15) is 16.5 Å². The van der Waals surface area contributed by atoms with Gasteiger partial charge in [-0.1, -0.05) is 26.0 Å². The monoisotopic (exact) mass is 424 g/mol. The van der Waals surface area contributed by atoms with Gasteiger partial charge < -0.3 is 14.5 Å². The van der Waals surface area contributed by atoms with Gasteiger partial charge in [0.25, 0.3) is 5.91 Å². The molecule has 1 aliphatic rings. The number of rotatable bonds is 4. The van der Waals surface area contributed by atoms with E-state index in [1.807, 2.05) is 25.8 Å². The highest BCUT2D eigenvalue weighted by Gasteiger charge is 2.26. The Morgan fingerprint density at radius 2 is 1.80 bits per heavy atom. The van der Waals surface area contributed by atoms with Crippen LogP contribution in [0.25, 0.3) is 10.2 Å². The maximum absolute atomic E-state index is 13.1. The summed E-state index contributed by atoms with van der Waals surface area (Å²) in [5, 5.41) is 0.956. The van der Waals surface area contributed by atoms with E-state index in [0.717, 1.165) is 32.2 Å². The number of morpholine rings is 1. The molecule has 3 aromatic rings. The molecule has 4 rings (SSSR count). The van der Waals surface area contributed by atoms with Crippen molar-refractivity contribution in [2.24, 2.45) is 0 Å². The fourth-order valence-corrected chi connectivity index (χ4v) is 4.97. The standard InChI is InChI=1S/C23H28N4O2S/c1-14(2)17-6-8-18(9-7-17)26(5)21-19-15(3)20(30-22(19)25-16(4)24-21)23(28)27-10-12-29-13-11-27/h6-9,14H,10-13H2,1-5H3. The predicted molar refractivity (Wildman–Crippen MR) is 122 cm³/mol. The summed E-state index contributed by atoms with van der Waals surface area (Å²) in [5.41, 5.74) is 3.32. The van der Waals surface area contributed by atoms with E-state index in [9.17, 15) is 4.79 Å². The largest absolute Gasteiger partial charge is 0.378 e. The summed E-state index contributed by atoms with van der Waals surface area (Å²) in [4.78, 5) is 28.1. The number of amides is 1. The van der Waals surface area contributed by atoms with E-state index in [-0.39, 0.29) is 5.91 Å². The summed E-state index contributed by atoms with van der Waals surface area (Å²) in [5.74, 6) is 2.09. The third-order valence-electron chi connectivity index (χ3n) is 5.64. The highest BCUT2D eigenvalue weighted by molar-refractivity contribution is 7.20. The van der Waals surface area contributed by atoms with Crippen molar-refractivity contribution in [3.05, 3.63) is 46.1 Å². The molecule has 0 bridgehead atoms. The highest BCUT2D eigenvalue weighted by atomic mass is 32.1. The molecule has 30 heavy (non-hydrogen) atoms. The topological polar surface area (TPSA) is 58.6 Å². The maximum Gasteiger partial charge on any atom is 0.264 e. The second-order valence-corrected chi connectivity index (χ2v) is 9.04. The van der Waals surface area contributed by atoms with Crippen LogP contribution in [0.1, 0.15) is 46.4 Å². The molecule has 1 amide bonds. The van der Waals surface area contributed by atoms with E-state index in [2.05, 4.69) is 48.0 Å². The molecule has 0 aliphatic carbocycles. The van der Waals surface area contributed by atoms with Crippen molar-refractivity contribution in [1.82, 2.24) is 14.9 Å². The first-order chi connectivity index (χ1) is 14.4. The highest BCUT2D eigenvalue weighted by Crippen LogP contribution is 2.38. The van der Waals surface area contributed by atoms with Crippen molar-refractivity contribution in [3.63, 3.8) is 0 Å². The van der Waals surface area contributed by atoms with Gasteiger partial charge in [-0.05, 0) is 43.0 Å². The number of aryl methyl sites for hydroxylation is 2. The van der Waals surface area contributed by atoms with Crippen LogP contribution in [0.4, 0.5) is 11.5 Å². The van der Waals surface area contributed by atoms with E-state index in [0.29, 0.717) is 38.0 Å². The third-order valence-corrected chi connectivity index (χ3v) is 6.81. The lowest BCUT2D eigenvalue weighted by Gasteiger charge is -2.26. The molecule has 1 fully saturated rings. The predicted octanol–water partition coefficient (Wildman–Crippen LogP) is 4.67. The molecular formula is C23H28N4O2S. The zero-order valence-electron chi connectivity index (χ0n) is 18.2. The van der Waals surface area contributed by atoms with Gasteiger partial charge in [-0.3, -0.25) is 4.79 Å². The van der Waals surface area contributed by atoms with Crippen molar-refractivity contribution in [1.29, 1.82) is 0 Å². The normalized spacial score (nSPS) is 14.5. The van der Waals surface area contributed by atoms with Gasteiger partial charge in [0.05, 0.1) is 23.5 Å². The molecule has 1 saturated heterocycles. The Balaban J connectivity index is 1.76. The Morgan fingerprint density at radius 3 is 2.43 bits per heavy atom. The number of carbonyl (C=O) groups is 1. The molecule has 0 radical (unpaired) electrons. The SMILES string of the molecule is Cc1nc(N(C)c2ccc(C(C)C)cc2)c2c(C)c(C(=O)N3CCOCC3)sc2n1. The Hall–Kier alpha value is -2.51. The molecule has 1 aliphatic heterocycles. The summed E-state index contributed by atoms with van der Waals surface area (Å²) in [6.07, 6.45) is 0. The first-order valence-corrected chi connectivity index (χ1v) is 11.2. The lowest BCUT2D eigenvalue weighted by atomic mass is 10.0. The summed E-state index contributed by atoms with van der Waals surface area (Å²) in [6.45, 7) is 10.7. The number of thiophene rings is 1. The molecule has 0 saturated carbocycles. The number of benzene rings is 1. The first-order valence-electron chi connectivity index (χ1n) is 10.3. The Bertz CT molecular complexity index is 1070. The van der Waals surface area contributed by atoms with Crippen LogP contribution in [-0.2, 0) is 4.74 Å². The van der Waals surface area contributed by atoms with Gasteiger partial charge in [-0.2, -0.15) is 0 Å². The molecule has 2 aromatic heterocycles. The average Bonchev–Trinajstić information content (AvgIpc) is 3.08. The van der Waals surface area contributed by atoms with Crippen LogP contribution < -0.4 is 4.90 Å². The Morgan fingerprint density at radius 1 is 1.13 bits per heavy atom. The number of fused-ring (bicyclic) bond motifs is 1. The molecule has 0 atom stereocenters. The van der Waals surface area contributed by atoms with Crippen LogP contribution in [-0.4, -0.2) is 54.1 Å². The Labute approximate surface area is 181 Å². The minimum absolute atomic E-state index is 0.0614. The second-order valence-electron chi connectivity index (χ2n) is 8.04. The van der Waals surface area contributed by atoms with Crippen LogP contribution in [0.5, 0.6) is 0 Å². The van der Waals surface area contributed by atoms with Gasteiger partial charge >= 0.3 is 0 Å². The molecule has 7 heteroatoms. The number of anilines is 2. The van der Waals surface area contributed by atoms with Crippen LogP contribution in [0.15, 0.2) is 24.3 Å². The van der Waals surface area contributed by atoms with Gasteiger partial charge in [0.15, 0.2) is 0 Å². The van der Waals surface area contributed by atoms with E-state index in [4.69, 9.17) is 9.72 Å². The molecule has 0 unspecified atom stereocenters. The van der Waals surface area contributed by atoms with Gasteiger partial charge in [0, 0.05) is 25.8 Å². The molecule has 3 heterocycles. The van der Waals surface area contributed by atoms with E-state index in [1.54, 1.807) is 0 Å². The zero-order chi connectivity index (χ0) is 21.4. The molecule has 158 valence electrons. The Kier molecular flexibility index (Phi) is 5.75. The fourth-order valence-electron chi connectivity index (χ4n) is 3.78. The summed E-state index contributed by atoms with van der Waals surface area (Å²) >= 11 is 1.46. The summed E-state index contributed by atoms with van der Waals surface area (Å²) in [7, 11) is 2.02. The zero-order valence-corrected chi connectivity index (χ0v) is 19.0. The summed E-state index contributed by atoms with van der Waals surface area (Å²) < 4.78 is 5.39. The molecular weight excluding hydrogens is 396 g/mol. The average molecular weight is 425 g/mol. The lowest BCUT2D eigenvalue weighted by molar-refractivity contribution is 0.0306. The quantitative estimate of drug-likeness (QED) is 0.609. The molecule has 0 N–H and O–H groups in total. The number of hydrogen-bond donors (Lipinski definition) is 0. The third kappa shape index (κ3) is 3.79. The number of ether oxygens (including phenoxy) is 1. The smallest absolute Gasteiger partial charge is 0.264 e. The number of aromatic nitrogens is 2. The van der Waals surface area contributed by atoms with Crippen LogP contribution in [0, 0.1) is 13.8 Å². The first kappa shape index (κ1) is 20.8. The van der Waals surface area contributed by atoms with Crippen molar-refractivity contribution < 1.29 is 9.53 Å². The van der Waals surface area contributed by atoms with Crippen LogP contribution in [0.3, 0.4) is 0 Å². The van der Waals surface area contributed by atoms with Gasteiger partial charge in [-0.25, -0.2) is 9.97 Å². The minimum atomic E-state index is 0.0614. The van der Waals surface area contributed by atoms with Crippen LogP contribution in [0.2, 0.25) is 0 Å². The fraction of sp³-hybridized carbons (Fsp3) is 0.435.